The van der Waals surface area contributed by atoms with Gasteiger partial charge in [0.2, 0.25) is 5.91 Å². The Morgan fingerprint density at radius 3 is 2.92 bits per heavy atom. The third-order valence-electron chi connectivity index (χ3n) is 6.27. The molecule has 3 aliphatic rings. The molecule has 24 heavy (non-hydrogen) atoms. The first-order valence-electron chi connectivity index (χ1n) is 9.12. The first-order chi connectivity index (χ1) is 11.4. The van der Waals surface area contributed by atoms with Crippen LogP contribution in [0.1, 0.15) is 51.3 Å². The molecule has 1 saturated carbocycles. The van der Waals surface area contributed by atoms with Crippen molar-refractivity contribution in [2.75, 3.05) is 0 Å². The van der Waals surface area contributed by atoms with E-state index in [1.54, 1.807) is 0 Å². The lowest BCUT2D eigenvalue weighted by molar-refractivity contribution is -0.137. The monoisotopic (exact) mass is 329 g/mol. The average molecular weight is 329 g/mol. The van der Waals surface area contributed by atoms with Crippen LogP contribution in [0.3, 0.4) is 0 Å². The number of carbonyl (C=O) groups excluding carboxylic acids is 1. The van der Waals surface area contributed by atoms with Crippen LogP contribution in [0.25, 0.3) is 0 Å². The highest BCUT2D eigenvalue weighted by atomic mass is 16.5. The normalized spacial score (nSPS) is 34.8. The second-order valence-corrected chi connectivity index (χ2v) is 8.10. The maximum absolute atomic E-state index is 13.2. The van der Waals surface area contributed by atoms with Gasteiger partial charge in [-0.1, -0.05) is 6.92 Å². The summed E-state index contributed by atoms with van der Waals surface area (Å²) in [5.41, 5.74) is 8.17. The number of carbonyl (C=O) groups is 1. The summed E-state index contributed by atoms with van der Waals surface area (Å²) in [6.07, 6.45) is 5.53. The summed E-state index contributed by atoms with van der Waals surface area (Å²) < 4.78 is 5.76. The Balaban J connectivity index is 1.63. The molecule has 2 aliphatic heterocycles. The third kappa shape index (κ3) is 2.25. The standard InChI is InChI=1S/C19H27N3O2/c1-11(2)24-15-6-13-10-22-17(7-16(13)21-9-15)12(3)19(18(22)23)5-4-14(20)8-19/h6,9,11-12,14,17H,4-5,7-8,10,20H2,1-3H3/t12?,14-,17?,19+/m1/s1. The molecule has 0 bridgehead atoms. The molecule has 2 unspecified atom stereocenters. The second-order valence-electron chi connectivity index (χ2n) is 8.10. The predicted octanol–water partition coefficient (Wildman–Crippen LogP) is 2.27. The molecular weight excluding hydrogens is 302 g/mol. The molecule has 1 aliphatic carbocycles. The molecule has 4 rings (SSSR count). The van der Waals surface area contributed by atoms with Crippen molar-refractivity contribution in [1.82, 2.24) is 9.88 Å². The van der Waals surface area contributed by atoms with Gasteiger partial charge in [0.1, 0.15) is 5.75 Å². The summed E-state index contributed by atoms with van der Waals surface area (Å²) in [6.45, 7) is 6.91. The van der Waals surface area contributed by atoms with Crippen molar-refractivity contribution in [2.45, 2.75) is 71.2 Å². The summed E-state index contributed by atoms with van der Waals surface area (Å²) >= 11 is 0. The molecule has 4 atom stereocenters. The van der Waals surface area contributed by atoms with Gasteiger partial charge < -0.3 is 15.4 Å². The highest BCUT2D eigenvalue weighted by Gasteiger charge is 2.59. The summed E-state index contributed by atoms with van der Waals surface area (Å²) in [5, 5.41) is 0. The number of amides is 1. The first kappa shape index (κ1) is 15.9. The highest BCUT2D eigenvalue weighted by molar-refractivity contribution is 5.87. The minimum atomic E-state index is -0.233. The van der Waals surface area contributed by atoms with Crippen LogP contribution in [0.15, 0.2) is 12.3 Å². The van der Waals surface area contributed by atoms with Crippen molar-refractivity contribution < 1.29 is 9.53 Å². The summed E-state index contributed by atoms with van der Waals surface area (Å²) in [5.74, 6) is 1.45. The van der Waals surface area contributed by atoms with Crippen LogP contribution in [-0.4, -0.2) is 34.0 Å². The summed E-state index contributed by atoms with van der Waals surface area (Å²) in [7, 11) is 0. The van der Waals surface area contributed by atoms with E-state index in [4.69, 9.17) is 10.5 Å². The minimum absolute atomic E-state index is 0.123. The van der Waals surface area contributed by atoms with Crippen LogP contribution in [0.5, 0.6) is 5.75 Å². The van der Waals surface area contributed by atoms with Crippen molar-refractivity contribution >= 4 is 5.91 Å². The summed E-state index contributed by atoms with van der Waals surface area (Å²) in [6, 6.07) is 2.49. The Bertz CT molecular complexity index is 675. The van der Waals surface area contributed by atoms with Crippen LogP contribution >= 0.6 is 0 Å². The zero-order valence-corrected chi connectivity index (χ0v) is 14.8. The van der Waals surface area contributed by atoms with Crippen LogP contribution < -0.4 is 10.5 Å². The van der Waals surface area contributed by atoms with E-state index < -0.39 is 0 Å². The fraction of sp³-hybridized carbons (Fsp3) is 0.684. The van der Waals surface area contributed by atoms with Gasteiger partial charge in [0, 0.05) is 30.7 Å². The Hall–Kier alpha value is -1.62. The van der Waals surface area contributed by atoms with Crippen molar-refractivity contribution in [2.24, 2.45) is 17.1 Å². The second kappa shape index (κ2) is 5.45. The first-order valence-corrected chi connectivity index (χ1v) is 9.12. The Morgan fingerprint density at radius 2 is 2.25 bits per heavy atom. The van der Waals surface area contributed by atoms with Gasteiger partial charge in [-0.3, -0.25) is 9.78 Å². The lowest BCUT2D eigenvalue weighted by Crippen LogP contribution is -2.40. The largest absolute Gasteiger partial charge is 0.489 e. The van der Waals surface area contributed by atoms with E-state index in [0.29, 0.717) is 18.4 Å². The molecule has 0 aromatic carbocycles. The number of pyridine rings is 1. The van der Waals surface area contributed by atoms with Gasteiger partial charge >= 0.3 is 0 Å². The van der Waals surface area contributed by atoms with Crippen LogP contribution in [-0.2, 0) is 17.8 Å². The zero-order valence-electron chi connectivity index (χ0n) is 14.8. The van der Waals surface area contributed by atoms with Crippen molar-refractivity contribution in [1.29, 1.82) is 0 Å². The van der Waals surface area contributed by atoms with Gasteiger partial charge in [-0.15, -0.1) is 0 Å². The third-order valence-corrected chi connectivity index (χ3v) is 6.27. The van der Waals surface area contributed by atoms with E-state index in [1.165, 1.54) is 0 Å². The average Bonchev–Trinajstić information content (AvgIpc) is 3.01. The number of ether oxygens (including phenoxy) is 1. The van der Waals surface area contributed by atoms with Gasteiger partial charge in [-0.2, -0.15) is 0 Å². The fourth-order valence-corrected chi connectivity index (χ4v) is 5.02. The number of nitrogens with two attached hydrogens (primary N) is 1. The Kier molecular flexibility index (Phi) is 3.60. The quantitative estimate of drug-likeness (QED) is 0.904. The number of hydrogen-bond acceptors (Lipinski definition) is 4. The lowest BCUT2D eigenvalue weighted by Gasteiger charge is -2.33. The molecule has 130 valence electrons. The fourth-order valence-electron chi connectivity index (χ4n) is 5.02. The number of aromatic nitrogens is 1. The Morgan fingerprint density at radius 1 is 1.46 bits per heavy atom. The van der Waals surface area contributed by atoms with E-state index in [-0.39, 0.29) is 23.6 Å². The molecule has 2 N–H and O–H groups in total. The highest BCUT2D eigenvalue weighted by Crippen LogP contribution is 2.54. The molecule has 1 spiro atoms. The molecule has 1 aromatic heterocycles. The molecule has 1 amide bonds. The van der Waals surface area contributed by atoms with E-state index in [0.717, 1.165) is 42.7 Å². The van der Waals surface area contributed by atoms with Gasteiger partial charge in [0.05, 0.1) is 17.7 Å². The van der Waals surface area contributed by atoms with Crippen molar-refractivity contribution in [3.63, 3.8) is 0 Å². The van der Waals surface area contributed by atoms with E-state index in [1.807, 2.05) is 20.0 Å². The van der Waals surface area contributed by atoms with Crippen molar-refractivity contribution in [3.05, 3.63) is 23.5 Å². The van der Waals surface area contributed by atoms with Crippen LogP contribution in [0, 0.1) is 11.3 Å². The SMILES string of the molecule is CC(C)Oc1cnc2c(c1)CN1C(=O)[C@]3(CC[C@@H](N)C3)C(C)C1C2. The molecule has 1 aromatic rings. The lowest BCUT2D eigenvalue weighted by atomic mass is 9.73. The van der Waals surface area contributed by atoms with Gasteiger partial charge in [-0.05, 0) is 50.7 Å². The number of fused-ring (bicyclic) bond motifs is 2. The van der Waals surface area contributed by atoms with Gasteiger partial charge in [0.15, 0.2) is 0 Å². The topological polar surface area (TPSA) is 68.5 Å². The van der Waals surface area contributed by atoms with Crippen LogP contribution in [0.4, 0.5) is 0 Å². The zero-order chi connectivity index (χ0) is 17.1. The number of nitrogens with zero attached hydrogens (tertiary/aromatic N) is 2. The van der Waals surface area contributed by atoms with E-state index >= 15 is 0 Å². The molecule has 0 radical (unpaired) electrons. The molecule has 1 saturated heterocycles. The maximum atomic E-state index is 13.2. The molecule has 5 heteroatoms. The summed E-state index contributed by atoms with van der Waals surface area (Å²) in [4.78, 5) is 19.9. The van der Waals surface area contributed by atoms with Crippen LogP contribution in [0.2, 0.25) is 0 Å². The predicted molar refractivity (Wildman–Crippen MR) is 91.5 cm³/mol. The smallest absolute Gasteiger partial charge is 0.229 e. The molecule has 2 fully saturated rings. The Labute approximate surface area is 143 Å². The van der Waals surface area contributed by atoms with E-state index in [9.17, 15) is 4.79 Å². The maximum Gasteiger partial charge on any atom is 0.229 e. The molecule has 5 nitrogen and oxygen atoms in total. The van der Waals surface area contributed by atoms with Crippen molar-refractivity contribution in [3.8, 4) is 5.75 Å². The number of hydrogen-bond donors (Lipinski definition) is 1. The van der Waals surface area contributed by atoms with Gasteiger partial charge in [-0.25, -0.2) is 0 Å². The molecule has 3 heterocycles. The minimum Gasteiger partial charge on any atom is -0.489 e. The number of rotatable bonds is 2. The van der Waals surface area contributed by atoms with E-state index in [2.05, 4.69) is 22.9 Å². The molecular formula is C19H27N3O2. The van der Waals surface area contributed by atoms with Gasteiger partial charge in [0.25, 0.3) is 0 Å².